The second kappa shape index (κ2) is 3.66. The van der Waals surface area contributed by atoms with Crippen molar-refractivity contribution < 1.29 is 4.74 Å². The van der Waals surface area contributed by atoms with Gasteiger partial charge in [0.1, 0.15) is 5.82 Å². The second-order valence-electron chi connectivity index (χ2n) is 3.80. The van der Waals surface area contributed by atoms with Gasteiger partial charge in [-0.15, -0.1) is 0 Å². The predicted octanol–water partition coefficient (Wildman–Crippen LogP) is 0.964. The smallest absolute Gasteiger partial charge is 0.318 e. The van der Waals surface area contributed by atoms with Gasteiger partial charge in [0.05, 0.1) is 18.8 Å². The Morgan fingerprint density at radius 1 is 1.53 bits per heavy atom. The van der Waals surface area contributed by atoms with Gasteiger partial charge in [0.2, 0.25) is 0 Å². The first-order valence-corrected chi connectivity index (χ1v) is 5.07. The van der Waals surface area contributed by atoms with Gasteiger partial charge in [-0.25, -0.2) is 0 Å². The van der Waals surface area contributed by atoms with Crippen LogP contribution in [0.1, 0.15) is 30.6 Å². The van der Waals surface area contributed by atoms with Crippen molar-refractivity contribution in [3.63, 3.8) is 0 Å². The van der Waals surface area contributed by atoms with E-state index < -0.39 is 0 Å². The summed E-state index contributed by atoms with van der Waals surface area (Å²) >= 11 is 0. The van der Waals surface area contributed by atoms with Gasteiger partial charge in [0.25, 0.3) is 0 Å². The first kappa shape index (κ1) is 10.2. The molecule has 1 atom stereocenters. The molecule has 5 nitrogen and oxygen atoms in total. The summed E-state index contributed by atoms with van der Waals surface area (Å²) < 4.78 is 5.03. The molecule has 0 aliphatic carbocycles. The van der Waals surface area contributed by atoms with Crippen LogP contribution in [0.15, 0.2) is 0 Å². The van der Waals surface area contributed by atoms with E-state index in [1.165, 1.54) is 0 Å². The number of rotatable bonds is 2. The van der Waals surface area contributed by atoms with Crippen molar-refractivity contribution in [2.45, 2.75) is 25.9 Å². The number of methoxy groups -OCH3 is 1. The molecule has 1 aliphatic rings. The Hall–Kier alpha value is -1.36. The lowest BCUT2D eigenvalue weighted by atomic mass is 10.1. The van der Waals surface area contributed by atoms with E-state index in [0.717, 1.165) is 24.2 Å². The fourth-order valence-electron chi connectivity index (χ4n) is 2.10. The summed E-state index contributed by atoms with van der Waals surface area (Å²) in [5, 5.41) is 0. The summed E-state index contributed by atoms with van der Waals surface area (Å²) in [5.41, 5.74) is 7.93. The van der Waals surface area contributed by atoms with Crippen LogP contribution >= 0.6 is 0 Å². The summed E-state index contributed by atoms with van der Waals surface area (Å²) in [6.07, 6.45) is 1.02. The maximum Gasteiger partial charge on any atom is 0.318 e. The molecule has 1 unspecified atom stereocenters. The minimum atomic E-state index is 0.333. The molecule has 0 radical (unpaired) electrons. The number of ether oxygens (including phenoxy) is 1. The molecule has 1 aromatic heterocycles. The van der Waals surface area contributed by atoms with Crippen molar-refractivity contribution in [2.75, 3.05) is 19.9 Å². The van der Waals surface area contributed by atoms with E-state index in [1.807, 2.05) is 0 Å². The maximum absolute atomic E-state index is 5.87. The highest BCUT2D eigenvalue weighted by molar-refractivity contribution is 5.46. The highest BCUT2D eigenvalue weighted by atomic mass is 16.5. The minimum absolute atomic E-state index is 0.333. The van der Waals surface area contributed by atoms with Crippen molar-refractivity contribution >= 4 is 5.82 Å². The van der Waals surface area contributed by atoms with E-state index >= 15 is 0 Å². The number of nitrogens with two attached hydrogens (primary N) is 1. The molecule has 0 spiro atoms. The molecule has 2 N–H and O–H groups in total. The van der Waals surface area contributed by atoms with Crippen molar-refractivity contribution in [2.24, 2.45) is 0 Å². The average molecular weight is 208 g/mol. The first-order chi connectivity index (χ1) is 7.17. The van der Waals surface area contributed by atoms with E-state index in [0.29, 0.717) is 17.9 Å². The molecular formula is C10H16N4O. The lowest BCUT2D eigenvalue weighted by molar-refractivity contribution is 0.258. The summed E-state index contributed by atoms with van der Waals surface area (Å²) in [6.45, 7) is 2.96. The summed E-state index contributed by atoms with van der Waals surface area (Å²) in [4.78, 5) is 10.7. The molecule has 2 rings (SSSR count). The number of hydrogen-bond donors (Lipinski definition) is 1. The zero-order chi connectivity index (χ0) is 11.0. The highest BCUT2D eigenvalue weighted by Gasteiger charge is 2.30. The Bertz CT molecular complexity index is 380. The summed E-state index contributed by atoms with van der Waals surface area (Å²) in [6, 6.07) is 0.694. The van der Waals surface area contributed by atoms with Gasteiger partial charge in [0, 0.05) is 12.1 Å². The van der Waals surface area contributed by atoms with Crippen LogP contribution in [-0.4, -0.2) is 29.0 Å². The normalized spacial score (nSPS) is 20.3. The van der Waals surface area contributed by atoms with E-state index in [2.05, 4.69) is 28.8 Å². The first-order valence-electron chi connectivity index (χ1n) is 5.07. The van der Waals surface area contributed by atoms with Crippen LogP contribution in [0.25, 0.3) is 0 Å². The van der Waals surface area contributed by atoms with Crippen LogP contribution in [0, 0.1) is 0 Å². The zero-order valence-corrected chi connectivity index (χ0v) is 9.32. The van der Waals surface area contributed by atoms with Crippen molar-refractivity contribution in [3.8, 4) is 6.01 Å². The number of hydrogen-bond acceptors (Lipinski definition) is 5. The highest BCUT2D eigenvalue weighted by Crippen LogP contribution is 2.36. The van der Waals surface area contributed by atoms with Gasteiger partial charge >= 0.3 is 6.01 Å². The van der Waals surface area contributed by atoms with Crippen molar-refractivity contribution in [1.29, 1.82) is 0 Å². The third kappa shape index (κ3) is 1.52. The third-order valence-electron chi connectivity index (χ3n) is 2.88. The van der Waals surface area contributed by atoms with Crippen LogP contribution in [-0.2, 0) is 6.54 Å². The Morgan fingerprint density at radius 3 is 2.87 bits per heavy atom. The van der Waals surface area contributed by atoms with Gasteiger partial charge in [0.15, 0.2) is 0 Å². The lowest BCUT2D eigenvalue weighted by Crippen LogP contribution is -2.15. The van der Waals surface area contributed by atoms with E-state index in [-0.39, 0.29) is 0 Å². The van der Waals surface area contributed by atoms with Crippen LogP contribution in [0.2, 0.25) is 0 Å². The second-order valence-corrected chi connectivity index (χ2v) is 3.80. The van der Waals surface area contributed by atoms with Gasteiger partial charge in [-0.1, -0.05) is 6.92 Å². The zero-order valence-electron chi connectivity index (χ0n) is 9.32. The van der Waals surface area contributed by atoms with E-state index in [1.54, 1.807) is 7.11 Å². The van der Waals surface area contributed by atoms with Crippen LogP contribution < -0.4 is 10.5 Å². The predicted molar refractivity (Wildman–Crippen MR) is 57.5 cm³/mol. The molecule has 82 valence electrons. The monoisotopic (exact) mass is 208 g/mol. The number of fused-ring (bicyclic) bond motifs is 1. The van der Waals surface area contributed by atoms with Crippen LogP contribution in [0.3, 0.4) is 0 Å². The molecule has 1 aliphatic heterocycles. The largest absolute Gasteiger partial charge is 0.467 e. The molecule has 1 aromatic rings. The topological polar surface area (TPSA) is 64.3 Å². The molecule has 0 amide bonds. The summed E-state index contributed by atoms with van der Waals surface area (Å²) in [5.74, 6) is 0.541. The fraction of sp³-hybridized carbons (Fsp3) is 0.600. The molecule has 0 bridgehead atoms. The van der Waals surface area contributed by atoms with Gasteiger partial charge < -0.3 is 10.5 Å². The maximum atomic E-state index is 5.87. The molecule has 5 heteroatoms. The molecule has 2 heterocycles. The molecule has 0 aromatic carbocycles. The Labute approximate surface area is 89.3 Å². The van der Waals surface area contributed by atoms with Crippen molar-refractivity contribution in [1.82, 2.24) is 14.9 Å². The Morgan fingerprint density at radius 2 is 2.27 bits per heavy atom. The van der Waals surface area contributed by atoms with Crippen LogP contribution in [0.4, 0.5) is 5.82 Å². The SMILES string of the molecule is CCC1c2nc(OC)nc(N)c2CN1C. The Balaban J connectivity index is 2.50. The molecule has 0 fully saturated rings. The van der Waals surface area contributed by atoms with E-state index in [9.17, 15) is 0 Å². The van der Waals surface area contributed by atoms with E-state index in [4.69, 9.17) is 10.5 Å². The van der Waals surface area contributed by atoms with Gasteiger partial charge in [-0.3, -0.25) is 4.90 Å². The molecule has 15 heavy (non-hydrogen) atoms. The van der Waals surface area contributed by atoms with Crippen LogP contribution in [0.5, 0.6) is 6.01 Å². The Kier molecular flexibility index (Phi) is 2.48. The number of anilines is 1. The third-order valence-corrected chi connectivity index (χ3v) is 2.88. The average Bonchev–Trinajstić information content (AvgIpc) is 2.54. The molecule has 0 saturated heterocycles. The molecule has 0 saturated carbocycles. The molecular weight excluding hydrogens is 192 g/mol. The quantitative estimate of drug-likeness (QED) is 0.784. The van der Waals surface area contributed by atoms with Gasteiger partial charge in [-0.2, -0.15) is 9.97 Å². The number of nitrogen functional groups attached to an aromatic ring is 1. The standard InChI is InChI=1S/C10H16N4O/c1-4-7-8-6(5-14(7)2)9(11)13-10(12-8)15-3/h7H,4-5H2,1-3H3,(H2,11,12,13). The van der Waals surface area contributed by atoms with Crippen molar-refractivity contribution in [3.05, 3.63) is 11.3 Å². The number of nitrogens with zero attached hydrogens (tertiary/aromatic N) is 3. The fourth-order valence-corrected chi connectivity index (χ4v) is 2.10. The lowest BCUT2D eigenvalue weighted by Gasteiger charge is -2.16. The minimum Gasteiger partial charge on any atom is -0.467 e. The number of aromatic nitrogens is 2. The van der Waals surface area contributed by atoms with Gasteiger partial charge in [-0.05, 0) is 13.5 Å². The summed E-state index contributed by atoms with van der Waals surface area (Å²) in [7, 11) is 3.63.